The number of anilines is 2. The lowest BCUT2D eigenvalue weighted by molar-refractivity contribution is 1.33. The maximum atomic E-state index is 3.41. The third kappa shape index (κ3) is 2.18. The first-order chi connectivity index (χ1) is 7.27. The first kappa shape index (κ1) is 9.78. The Morgan fingerprint density at radius 3 is 2.27 bits per heavy atom. The molecule has 0 atom stereocenters. The molecule has 0 fully saturated rings. The van der Waals surface area contributed by atoms with E-state index in [-0.39, 0.29) is 0 Å². The first-order valence-corrected chi connectivity index (χ1v) is 5.15. The van der Waals surface area contributed by atoms with Gasteiger partial charge >= 0.3 is 0 Å². The molecule has 0 aliphatic carbocycles. The molecule has 0 unspecified atom stereocenters. The molecule has 0 amide bonds. The van der Waals surface area contributed by atoms with Crippen molar-refractivity contribution < 1.29 is 0 Å². The normalized spacial score (nSPS) is 10.0. The second-order valence-electron chi connectivity index (χ2n) is 3.74. The number of benzene rings is 2. The molecule has 1 heteroatoms. The molecule has 1 nitrogen and oxygen atoms in total. The Kier molecular flexibility index (Phi) is 2.72. The largest absolute Gasteiger partial charge is 0.355 e. The van der Waals surface area contributed by atoms with E-state index in [4.69, 9.17) is 0 Å². The van der Waals surface area contributed by atoms with E-state index in [1.54, 1.807) is 0 Å². The van der Waals surface area contributed by atoms with Gasteiger partial charge in [0.2, 0.25) is 0 Å². The molecule has 76 valence electrons. The van der Waals surface area contributed by atoms with Crippen LogP contribution < -0.4 is 5.32 Å². The van der Waals surface area contributed by atoms with Gasteiger partial charge < -0.3 is 5.32 Å². The molecule has 1 N–H and O–H groups in total. The van der Waals surface area contributed by atoms with Crippen molar-refractivity contribution >= 4 is 11.4 Å². The van der Waals surface area contributed by atoms with Gasteiger partial charge in [0.25, 0.3) is 0 Å². The second-order valence-corrected chi connectivity index (χ2v) is 3.74. The van der Waals surface area contributed by atoms with Crippen molar-refractivity contribution in [3.63, 3.8) is 0 Å². The average Bonchev–Trinajstić information content (AvgIpc) is 2.26. The maximum absolute atomic E-state index is 3.41. The highest BCUT2D eigenvalue weighted by Gasteiger charge is 1.99. The fourth-order valence-electron chi connectivity index (χ4n) is 1.56. The summed E-state index contributed by atoms with van der Waals surface area (Å²) in [4.78, 5) is 0. The van der Waals surface area contributed by atoms with Crippen LogP contribution in [0.25, 0.3) is 0 Å². The van der Waals surface area contributed by atoms with E-state index in [9.17, 15) is 0 Å². The van der Waals surface area contributed by atoms with Crippen molar-refractivity contribution in [2.45, 2.75) is 13.8 Å². The molecule has 2 rings (SSSR count). The molecule has 0 aliphatic rings. The van der Waals surface area contributed by atoms with Crippen molar-refractivity contribution in [1.29, 1.82) is 0 Å². The minimum atomic E-state index is 1.13. The molecular formula is C14H15N. The summed E-state index contributed by atoms with van der Waals surface area (Å²) in [5.74, 6) is 0. The zero-order valence-electron chi connectivity index (χ0n) is 9.12. The standard InChI is InChI=1S/C14H15N/c1-11-7-6-10-14(12(11)2)15-13-8-4-3-5-9-13/h3-10,15H,1-2H3. The van der Waals surface area contributed by atoms with Crippen LogP contribution in [0, 0.1) is 13.8 Å². The fourth-order valence-corrected chi connectivity index (χ4v) is 1.56. The minimum Gasteiger partial charge on any atom is -0.355 e. The van der Waals surface area contributed by atoms with E-state index < -0.39 is 0 Å². The van der Waals surface area contributed by atoms with E-state index in [1.807, 2.05) is 18.2 Å². The first-order valence-electron chi connectivity index (χ1n) is 5.15. The second kappa shape index (κ2) is 4.18. The van der Waals surface area contributed by atoms with Gasteiger partial charge in [-0.1, -0.05) is 30.3 Å². The van der Waals surface area contributed by atoms with Crippen molar-refractivity contribution in [3.05, 3.63) is 59.7 Å². The molecule has 0 spiro atoms. The summed E-state index contributed by atoms with van der Waals surface area (Å²) in [6.07, 6.45) is 0. The molecule has 2 aromatic rings. The van der Waals surface area contributed by atoms with E-state index in [2.05, 4.69) is 49.5 Å². The zero-order chi connectivity index (χ0) is 10.7. The SMILES string of the molecule is Cc1cccc(Nc2ccccc2)c1C. The summed E-state index contributed by atoms with van der Waals surface area (Å²) in [5.41, 5.74) is 4.93. The van der Waals surface area contributed by atoms with Gasteiger partial charge in [0, 0.05) is 11.4 Å². The molecule has 2 aromatic carbocycles. The summed E-state index contributed by atoms with van der Waals surface area (Å²) < 4.78 is 0. The Bertz CT molecular complexity index is 446. The van der Waals surface area contributed by atoms with Crippen LogP contribution in [0.3, 0.4) is 0 Å². The van der Waals surface area contributed by atoms with E-state index in [0.717, 1.165) is 5.69 Å². The van der Waals surface area contributed by atoms with Crippen LogP contribution in [0.5, 0.6) is 0 Å². The highest BCUT2D eigenvalue weighted by atomic mass is 14.9. The summed E-state index contributed by atoms with van der Waals surface area (Å²) in [6.45, 7) is 4.27. The van der Waals surface area contributed by atoms with Gasteiger partial charge in [0.05, 0.1) is 0 Å². The zero-order valence-corrected chi connectivity index (χ0v) is 9.12. The van der Waals surface area contributed by atoms with Crippen LogP contribution in [0.2, 0.25) is 0 Å². The average molecular weight is 197 g/mol. The molecule has 15 heavy (non-hydrogen) atoms. The lowest BCUT2D eigenvalue weighted by Crippen LogP contribution is -1.94. The molecule has 0 bridgehead atoms. The topological polar surface area (TPSA) is 12.0 Å². The number of rotatable bonds is 2. The highest BCUT2D eigenvalue weighted by molar-refractivity contribution is 5.64. The van der Waals surface area contributed by atoms with E-state index >= 15 is 0 Å². The number of para-hydroxylation sites is 1. The van der Waals surface area contributed by atoms with Gasteiger partial charge in [0.15, 0.2) is 0 Å². The van der Waals surface area contributed by atoms with Crippen molar-refractivity contribution in [1.82, 2.24) is 0 Å². The highest BCUT2D eigenvalue weighted by Crippen LogP contribution is 2.22. The minimum absolute atomic E-state index is 1.13. The van der Waals surface area contributed by atoms with Crippen LogP contribution in [0.4, 0.5) is 11.4 Å². The summed E-state index contributed by atoms with van der Waals surface area (Å²) in [7, 11) is 0. The summed E-state index contributed by atoms with van der Waals surface area (Å²) in [5, 5.41) is 3.41. The molecular weight excluding hydrogens is 182 g/mol. The number of hydrogen-bond acceptors (Lipinski definition) is 1. The number of hydrogen-bond donors (Lipinski definition) is 1. The number of aryl methyl sites for hydroxylation is 1. The molecule has 0 saturated carbocycles. The van der Waals surface area contributed by atoms with E-state index in [1.165, 1.54) is 16.8 Å². The lowest BCUT2D eigenvalue weighted by Gasteiger charge is -2.11. The summed E-state index contributed by atoms with van der Waals surface area (Å²) >= 11 is 0. The van der Waals surface area contributed by atoms with Crippen molar-refractivity contribution in [3.8, 4) is 0 Å². The molecule has 0 aliphatic heterocycles. The third-order valence-corrected chi connectivity index (χ3v) is 2.66. The predicted molar refractivity (Wildman–Crippen MR) is 65.6 cm³/mol. The van der Waals surface area contributed by atoms with Gasteiger partial charge in [-0.05, 0) is 43.2 Å². The van der Waals surface area contributed by atoms with Crippen LogP contribution >= 0.6 is 0 Å². The Hall–Kier alpha value is -1.76. The fraction of sp³-hybridized carbons (Fsp3) is 0.143. The van der Waals surface area contributed by atoms with Gasteiger partial charge in [-0.25, -0.2) is 0 Å². The molecule has 0 radical (unpaired) electrons. The van der Waals surface area contributed by atoms with Crippen LogP contribution in [0.15, 0.2) is 48.5 Å². The Balaban J connectivity index is 2.29. The molecule has 0 aromatic heterocycles. The van der Waals surface area contributed by atoms with Gasteiger partial charge in [-0.2, -0.15) is 0 Å². The Morgan fingerprint density at radius 2 is 1.53 bits per heavy atom. The van der Waals surface area contributed by atoms with Crippen LogP contribution in [-0.4, -0.2) is 0 Å². The van der Waals surface area contributed by atoms with Crippen LogP contribution in [0.1, 0.15) is 11.1 Å². The smallest absolute Gasteiger partial charge is 0.0416 e. The van der Waals surface area contributed by atoms with Gasteiger partial charge in [0.1, 0.15) is 0 Å². The third-order valence-electron chi connectivity index (χ3n) is 2.66. The quantitative estimate of drug-likeness (QED) is 0.766. The van der Waals surface area contributed by atoms with Gasteiger partial charge in [-0.15, -0.1) is 0 Å². The Labute approximate surface area is 90.8 Å². The summed E-state index contributed by atoms with van der Waals surface area (Å²) in [6, 6.07) is 16.5. The number of nitrogens with one attached hydrogen (secondary N) is 1. The van der Waals surface area contributed by atoms with Crippen LogP contribution in [-0.2, 0) is 0 Å². The maximum Gasteiger partial charge on any atom is 0.0416 e. The van der Waals surface area contributed by atoms with Crippen molar-refractivity contribution in [2.24, 2.45) is 0 Å². The Morgan fingerprint density at radius 1 is 0.800 bits per heavy atom. The van der Waals surface area contributed by atoms with Crippen molar-refractivity contribution in [2.75, 3.05) is 5.32 Å². The monoisotopic (exact) mass is 197 g/mol. The molecule has 0 saturated heterocycles. The molecule has 0 heterocycles. The lowest BCUT2D eigenvalue weighted by atomic mass is 10.1. The van der Waals surface area contributed by atoms with E-state index in [0.29, 0.717) is 0 Å². The van der Waals surface area contributed by atoms with Gasteiger partial charge in [-0.3, -0.25) is 0 Å². The predicted octanol–water partition coefficient (Wildman–Crippen LogP) is 4.05.